The van der Waals surface area contributed by atoms with E-state index in [0.29, 0.717) is 10.4 Å². The third-order valence-electron chi connectivity index (χ3n) is 4.25. The van der Waals surface area contributed by atoms with Crippen LogP contribution in [-0.4, -0.2) is 14.5 Å². The fourth-order valence-corrected chi connectivity index (χ4v) is 3.92. The molecule has 0 saturated heterocycles. The summed E-state index contributed by atoms with van der Waals surface area (Å²) in [5, 5.41) is 4.05. The van der Waals surface area contributed by atoms with E-state index in [0.717, 1.165) is 32.8 Å². The summed E-state index contributed by atoms with van der Waals surface area (Å²) in [5.41, 5.74) is 10.5. The Morgan fingerprint density at radius 2 is 1.88 bits per heavy atom. The van der Waals surface area contributed by atoms with Gasteiger partial charge in [0, 0.05) is 17.7 Å². The van der Waals surface area contributed by atoms with Crippen molar-refractivity contribution in [2.45, 2.75) is 12.8 Å². The lowest BCUT2D eigenvalue weighted by Crippen LogP contribution is -1.97. The van der Waals surface area contributed by atoms with Crippen LogP contribution in [0.3, 0.4) is 0 Å². The second-order valence-electron chi connectivity index (χ2n) is 5.77. The fourth-order valence-electron chi connectivity index (χ4n) is 2.81. The Kier molecular flexibility index (Phi) is 4.13. The quantitative estimate of drug-likeness (QED) is 0.452. The number of anilines is 1. The Labute approximate surface area is 161 Å². The van der Waals surface area contributed by atoms with Crippen LogP contribution in [0.5, 0.6) is 0 Å². The van der Waals surface area contributed by atoms with Gasteiger partial charge >= 0.3 is 0 Å². The number of hydrogen-bond acceptors (Lipinski definition) is 4. The molecule has 25 heavy (non-hydrogen) atoms. The van der Waals surface area contributed by atoms with Crippen LogP contribution in [0.2, 0.25) is 0 Å². The summed E-state index contributed by atoms with van der Waals surface area (Å²) in [5.74, 6) is 0.362. The Morgan fingerprint density at radius 3 is 2.52 bits per heavy atom. The molecule has 4 rings (SSSR count). The summed E-state index contributed by atoms with van der Waals surface area (Å²) in [6, 6.07) is 14.2. The van der Waals surface area contributed by atoms with Gasteiger partial charge in [-0.1, -0.05) is 42.4 Å². The van der Waals surface area contributed by atoms with Crippen LogP contribution in [-0.2, 0) is 0 Å². The summed E-state index contributed by atoms with van der Waals surface area (Å²) in [6.45, 7) is 2.07. The number of nitrogen functional groups attached to an aromatic ring is 1. The molecule has 1 aromatic carbocycles. The van der Waals surface area contributed by atoms with E-state index in [9.17, 15) is 0 Å². The largest absolute Gasteiger partial charge is 0.367 e. The van der Waals surface area contributed by atoms with Crippen molar-refractivity contribution >= 4 is 43.4 Å². The molecular formula is C18H14Br2N4O. The second-order valence-corrected chi connectivity index (χ2v) is 7.31. The highest BCUT2D eigenvalue weighted by atomic mass is 79.9. The van der Waals surface area contributed by atoms with Gasteiger partial charge in [0.2, 0.25) is 5.88 Å². The van der Waals surface area contributed by atoms with Crippen LogP contribution in [0.25, 0.3) is 16.9 Å². The number of nitrogens with two attached hydrogens (primary N) is 1. The fraction of sp³-hybridized carbons (Fsp3) is 0.111. The van der Waals surface area contributed by atoms with Crippen molar-refractivity contribution in [3.63, 3.8) is 0 Å². The van der Waals surface area contributed by atoms with Crippen LogP contribution < -0.4 is 5.73 Å². The molecule has 0 aliphatic carbocycles. The normalized spacial score (nSPS) is 12.6. The predicted molar refractivity (Wildman–Crippen MR) is 104 cm³/mol. The molecule has 0 aliphatic rings. The standard InChI is InChI=1S/C18H14Br2N4O/c1-10(15-14(19)18(21)25-23-15)11-5-7-12(8-6-11)16-17(20)24-9-3-2-4-13(24)22-16/h2-10H,21H2,1H3. The molecule has 2 N–H and O–H groups in total. The van der Waals surface area contributed by atoms with Crippen LogP contribution >= 0.6 is 31.9 Å². The molecule has 0 bridgehead atoms. The average molecular weight is 462 g/mol. The maximum absolute atomic E-state index is 5.72. The minimum atomic E-state index is 0.0639. The molecule has 0 fully saturated rings. The number of pyridine rings is 1. The zero-order valence-electron chi connectivity index (χ0n) is 13.3. The monoisotopic (exact) mass is 460 g/mol. The van der Waals surface area contributed by atoms with Crippen LogP contribution in [0.1, 0.15) is 24.1 Å². The lowest BCUT2D eigenvalue weighted by Gasteiger charge is -2.10. The van der Waals surface area contributed by atoms with E-state index < -0.39 is 0 Å². The maximum atomic E-state index is 5.72. The summed E-state index contributed by atoms with van der Waals surface area (Å²) >= 11 is 7.07. The molecule has 1 atom stereocenters. The molecule has 0 spiro atoms. The summed E-state index contributed by atoms with van der Waals surface area (Å²) in [6.07, 6.45) is 1.98. The van der Waals surface area contributed by atoms with Gasteiger partial charge in [0.1, 0.15) is 26.1 Å². The zero-order valence-corrected chi connectivity index (χ0v) is 16.5. The maximum Gasteiger partial charge on any atom is 0.236 e. The van der Waals surface area contributed by atoms with Gasteiger partial charge in [-0.05, 0) is 49.6 Å². The van der Waals surface area contributed by atoms with E-state index in [4.69, 9.17) is 15.2 Å². The molecule has 3 heterocycles. The predicted octanol–water partition coefficient (Wildman–Crippen LogP) is 5.25. The molecule has 0 aliphatic heterocycles. The minimum absolute atomic E-state index is 0.0639. The Bertz CT molecular complexity index is 1050. The molecule has 0 radical (unpaired) electrons. The molecule has 4 aromatic rings. The Morgan fingerprint density at radius 1 is 1.12 bits per heavy atom. The SMILES string of the molecule is CC(c1ccc(-c2nc3ccccn3c2Br)cc1)c1noc(N)c1Br. The topological polar surface area (TPSA) is 69.3 Å². The number of hydrogen-bond donors (Lipinski definition) is 1. The first-order valence-electron chi connectivity index (χ1n) is 7.69. The van der Waals surface area contributed by atoms with Crippen molar-refractivity contribution in [3.05, 3.63) is 69.0 Å². The van der Waals surface area contributed by atoms with Gasteiger partial charge in [-0.15, -0.1) is 0 Å². The van der Waals surface area contributed by atoms with Crippen molar-refractivity contribution in [1.29, 1.82) is 0 Å². The van der Waals surface area contributed by atoms with Crippen LogP contribution in [0.15, 0.2) is 62.3 Å². The highest BCUT2D eigenvalue weighted by molar-refractivity contribution is 9.11. The molecule has 5 nitrogen and oxygen atoms in total. The molecule has 1 unspecified atom stereocenters. The van der Waals surface area contributed by atoms with E-state index in [2.05, 4.69) is 68.2 Å². The van der Waals surface area contributed by atoms with E-state index >= 15 is 0 Å². The van der Waals surface area contributed by atoms with Crippen molar-refractivity contribution < 1.29 is 4.52 Å². The Balaban J connectivity index is 1.70. The van der Waals surface area contributed by atoms with Gasteiger partial charge in [-0.2, -0.15) is 0 Å². The molecule has 0 saturated carbocycles. The number of nitrogens with zero attached hydrogens (tertiary/aromatic N) is 3. The van der Waals surface area contributed by atoms with E-state index in [1.54, 1.807) is 0 Å². The number of aromatic nitrogens is 3. The first kappa shape index (κ1) is 16.4. The van der Waals surface area contributed by atoms with Crippen molar-refractivity contribution in [2.75, 3.05) is 5.73 Å². The van der Waals surface area contributed by atoms with Gasteiger partial charge in [-0.25, -0.2) is 4.98 Å². The molecule has 7 heteroatoms. The third-order valence-corrected chi connectivity index (χ3v) is 5.80. The first-order valence-corrected chi connectivity index (χ1v) is 9.28. The van der Waals surface area contributed by atoms with Gasteiger partial charge in [0.05, 0.1) is 0 Å². The Hall–Kier alpha value is -2.12. The number of rotatable bonds is 3. The van der Waals surface area contributed by atoms with Gasteiger partial charge in [-0.3, -0.25) is 4.40 Å². The zero-order chi connectivity index (χ0) is 17.6. The lowest BCUT2D eigenvalue weighted by atomic mass is 9.96. The smallest absolute Gasteiger partial charge is 0.236 e. The van der Waals surface area contributed by atoms with E-state index in [-0.39, 0.29) is 5.92 Å². The first-order chi connectivity index (χ1) is 12.1. The van der Waals surface area contributed by atoms with Gasteiger partial charge in [0.25, 0.3) is 0 Å². The van der Waals surface area contributed by atoms with E-state index in [1.807, 2.05) is 28.8 Å². The minimum Gasteiger partial charge on any atom is -0.367 e. The third kappa shape index (κ3) is 2.77. The van der Waals surface area contributed by atoms with Crippen molar-refractivity contribution in [3.8, 4) is 11.3 Å². The van der Waals surface area contributed by atoms with E-state index in [1.165, 1.54) is 0 Å². The molecular weight excluding hydrogens is 448 g/mol. The molecule has 126 valence electrons. The summed E-state index contributed by atoms with van der Waals surface area (Å²) < 4.78 is 8.71. The summed E-state index contributed by atoms with van der Waals surface area (Å²) in [4.78, 5) is 4.70. The number of halogens is 2. The van der Waals surface area contributed by atoms with Gasteiger partial charge in [0.15, 0.2) is 0 Å². The molecule has 0 amide bonds. The van der Waals surface area contributed by atoms with Crippen molar-refractivity contribution in [1.82, 2.24) is 14.5 Å². The lowest BCUT2D eigenvalue weighted by molar-refractivity contribution is 0.425. The van der Waals surface area contributed by atoms with Crippen LogP contribution in [0.4, 0.5) is 5.88 Å². The number of imidazole rings is 1. The van der Waals surface area contributed by atoms with Crippen LogP contribution in [0, 0.1) is 0 Å². The second kappa shape index (κ2) is 6.31. The van der Waals surface area contributed by atoms with Gasteiger partial charge < -0.3 is 10.3 Å². The number of benzene rings is 1. The highest BCUT2D eigenvalue weighted by Gasteiger charge is 2.19. The van der Waals surface area contributed by atoms with Crippen molar-refractivity contribution in [2.24, 2.45) is 0 Å². The summed E-state index contributed by atoms with van der Waals surface area (Å²) in [7, 11) is 0. The average Bonchev–Trinajstić information content (AvgIpc) is 3.15. The number of fused-ring (bicyclic) bond motifs is 1. The molecule has 3 aromatic heterocycles. The highest BCUT2D eigenvalue weighted by Crippen LogP contribution is 2.34.